The number of carbonyl (C=O) groups excluding carboxylic acids is 2. The fourth-order valence-electron chi connectivity index (χ4n) is 4.14. The van der Waals surface area contributed by atoms with Gasteiger partial charge < -0.3 is 15.0 Å². The van der Waals surface area contributed by atoms with Gasteiger partial charge >= 0.3 is 0 Å². The molecule has 0 aliphatic carbocycles. The number of nitrogens with one attached hydrogen (secondary N) is 1. The van der Waals surface area contributed by atoms with Gasteiger partial charge in [-0.3, -0.25) is 13.9 Å². The monoisotopic (exact) mass is 603 g/mol. The zero-order valence-corrected chi connectivity index (χ0v) is 25.1. The van der Waals surface area contributed by atoms with Gasteiger partial charge in [0.25, 0.3) is 10.0 Å². The molecule has 0 spiro atoms. The highest BCUT2D eigenvalue weighted by atomic mass is 35.5. The van der Waals surface area contributed by atoms with E-state index in [1.54, 1.807) is 6.92 Å². The summed E-state index contributed by atoms with van der Waals surface area (Å²) in [7, 11) is -2.76. The lowest BCUT2D eigenvalue weighted by atomic mass is 10.1. The van der Waals surface area contributed by atoms with Gasteiger partial charge in [0.15, 0.2) is 0 Å². The predicted octanol–water partition coefficient (Wildman–Crippen LogP) is 5.26. The fraction of sp³-hybridized carbons (Fsp3) is 0.333. The van der Waals surface area contributed by atoms with Crippen molar-refractivity contribution in [1.29, 1.82) is 0 Å². The van der Waals surface area contributed by atoms with Gasteiger partial charge in [-0.15, -0.1) is 0 Å². The molecule has 0 aromatic heterocycles. The van der Waals surface area contributed by atoms with Crippen molar-refractivity contribution in [3.05, 3.63) is 89.2 Å². The van der Waals surface area contributed by atoms with E-state index in [4.69, 9.17) is 16.3 Å². The number of carbonyl (C=O) groups is 2. The first kappa shape index (κ1) is 31.9. The molecule has 11 heteroatoms. The molecular weight excluding hydrogens is 569 g/mol. The number of rotatable bonds is 13. The molecule has 0 bridgehead atoms. The molecule has 0 radical (unpaired) electrons. The van der Waals surface area contributed by atoms with Crippen molar-refractivity contribution in [1.82, 2.24) is 10.2 Å². The highest BCUT2D eigenvalue weighted by molar-refractivity contribution is 7.92. The van der Waals surface area contributed by atoms with Gasteiger partial charge in [0.05, 0.1) is 17.7 Å². The van der Waals surface area contributed by atoms with Crippen LogP contribution in [0.2, 0.25) is 5.02 Å². The average molecular weight is 604 g/mol. The maximum atomic E-state index is 14.0. The number of benzene rings is 3. The Morgan fingerprint density at radius 2 is 1.59 bits per heavy atom. The minimum absolute atomic E-state index is 0.0240. The summed E-state index contributed by atoms with van der Waals surface area (Å²) in [5.41, 5.74) is 0.809. The number of anilines is 1. The number of hydrogen-bond acceptors (Lipinski definition) is 5. The first-order valence-electron chi connectivity index (χ1n) is 13.2. The summed E-state index contributed by atoms with van der Waals surface area (Å²) in [4.78, 5) is 28.5. The molecule has 2 amide bonds. The number of halogens is 2. The quantitative estimate of drug-likeness (QED) is 0.287. The molecule has 0 saturated heterocycles. The molecule has 0 heterocycles. The average Bonchev–Trinajstić information content (AvgIpc) is 2.96. The Kier molecular flexibility index (Phi) is 11.1. The summed E-state index contributed by atoms with van der Waals surface area (Å²) in [6.07, 6.45) is 0.281. The van der Waals surface area contributed by atoms with Crippen LogP contribution in [0.4, 0.5) is 10.1 Å². The number of ether oxygens (including phenoxy) is 1. The fourth-order valence-corrected chi connectivity index (χ4v) is 5.68. The Morgan fingerprint density at radius 3 is 2.12 bits per heavy atom. The lowest BCUT2D eigenvalue weighted by Gasteiger charge is -2.33. The summed E-state index contributed by atoms with van der Waals surface area (Å²) >= 11 is 6.06. The SMILES string of the molecule is CCC(C(=O)NCC(C)C)N(Cc1ccc(F)cc1)C(=O)CN(c1ccc(Cl)cc1)S(=O)(=O)c1ccc(OC)cc1. The maximum absolute atomic E-state index is 14.0. The van der Waals surface area contributed by atoms with Crippen LogP contribution in [0, 0.1) is 11.7 Å². The zero-order chi connectivity index (χ0) is 30.2. The van der Waals surface area contributed by atoms with Crippen LogP contribution < -0.4 is 14.4 Å². The van der Waals surface area contributed by atoms with Crippen molar-refractivity contribution in [2.45, 2.75) is 44.7 Å². The van der Waals surface area contributed by atoms with E-state index in [1.807, 2.05) is 13.8 Å². The molecule has 3 rings (SSSR count). The van der Waals surface area contributed by atoms with Gasteiger partial charge in [-0.25, -0.2) is 12.8 Å². The maximum Gasteiger partial charge on any atom is 0.264 e. The van der Waals surface area contributed by atoms with Crippen LogP contribution in [-0.2, 0) is 26.2 Å². The summed E-state index contributed by atoms with van der Waals surface area (Å²) in [5.74, 6) is -0.733. The molecule has 1 unspecified atom stereocenters. The van der Waals surface area contributed by atoms with Crippen molar-refractivity contribution in [2.75, 3.05) is 24.5 Å². The number of sulfonamides is 1. The molecule has 3 aromatic rings. The summed E-state index contributed by atoms with van der Waals surface area (Å²) in [6, 6.07) is 16.6. The molecule has 3 aromatic carbocycles. The van der Waals surface area contributed by atoms with Crippen molar-refractivity contribution in [2.24, 2.45) is 5.92 Å². The summed E-state index contributed by atoms with van der Waals surface area (Å²) in [6.45, 7) is 5.48. The molecule has 0 saturated carbocycles. The van der Waals surface area contributed by atoms with Gasteiger partial charge in [0.2, 0.25) is 11.8 Å². The van der Waals surface area contributed by atoms with Crippen LogP contribution in [0.1, 0.15) is 32.8 Å². The van der Waals surface area contributed by atoms with Gasteiger partial charge in [-0.2, -0.15) is 0 Å². The second kappa shape index (κ2) is 14.3. The van der Waals surface area contributed by atoms with Crippen LogP contribution >= 0.6 is 11.6 Å². The number of nitrogens with zero attached hydrogens (tertiary/aromatic N) is 2. The Balaban J connectivity index is 2.03. The first-order chi connectivity index (χ1) is 19.5. The van der Waals surface area contributed by atoms with E-state index in [9.17, 15) is 22.4 Å². The minimum Gasteiger partial charge on any atom is -0.497 e. The van der Waals surface area contributed by atoms with E-state index in [-0.39, 0.29) is 35.4 Å². The molecule has 1 atom stereocenters. The van der Waals surface area contributed by atoms with E-state index in [0.717, 1.165) is 4.31 Å². The highest BCUT2D eigenvalue weighted by Gasteiger charge is 2.33. The molecule has 0 aliphatic rings. The normalized spacial score (nSPS) is 12.1. The minimum atomic E-state index is -4.24. The van der Waals surface area contributed by atoms with Crippen LogP contribution in [-0.4, -0.2) is 51.4 Å². The Labute approximate surface area is 246 Å². The van der Waals surface area contributed by atoms with Crippen molar-refractivity contribution in [3.8, 4) is 5.75 Å². The van der Waals surface area contributed by atoms with Gasteiger partial charge in [0.1, 0.15) is 24.2 Å². The largest absolute Gasteiger partial charge is 0.497 e. The van der Waals surface area contributed by atoms with Crippen LogP contribution in [0.3, 0.4) is 0 Å². The zero-order valence-electron chi connectivity index (χ0n) is 23.5. The second-order valence-electron chi connectivity index (χ2n) is 9.87. The van der Waals surface area contributed by atoms with Gasteiger partial charge in [-0.05, 0) is 78.6 Å². The highest BCUT2D eigenvalue weighted by Crippen LogP contribution is 2.27. The third-order valence-corrected chi connectivity index (χ3v) is 8.42. The molecular formula is C30H35ClFN3O5S. The van der Waals surface area contributed by atoms with Crippen molar-refractivity contribution < 1.29 is 27.1 Å². The van der Waals surface area contributed by atoms with Gasteiger partial charge in [0, 0.05) is 18.1 Å². The Morgan fingerprint density at radius 1 is 0.976 bits per heavy atom. The number of hydrogen-bond donors (Lipinski definition) is 1. The Hall–Kier alpha value is -3.63. The Bertz CT molecular complexity index is 1420. The summed E-state index contributed by atoms with van der Waals surface area (Å²) < 4.78 is 47.5. The van der Waals surface area contributed by atoms with Gasteiger partial charge in [-0.1, -0.05) is 44.5 Å². The molecule has 1 N–H and O–H groups in total. The van der Waals surface area contributed by atoms with Crippen LogP contribution in [0.25, 0.3) is 0 Å². The lowest BCUT2D eigenvalue weighted by Crippen LogP contribution is -2.52. The van der Waals surface area contributed by atoms with E-state index in [1.165, 1.54) is 84.8 Å². The number of amides is 2. The predicted molar refractivity (Wildman–Crippen MR) is 158 cm³/mol. The van der Waals surface area contributed by atoms with E-state index >= 15 is 0 Å². The molecule has 41 heavy (non-hydrogen) atoms. The van der Waals surface area contributed by atoms with Crippen LogP contribution in [0.15, 0.2) is 77.7 Å². The smallest absolute Gasteiger partial charge is 0.264 e. The topological polar surface area (TPSA) is 96.0 Å². The standard InChI is InChI=1S/C30H35ClFN3O5S/c1-5-28(30(37)33-18-21(2)3)34(19-22-6-10-24(32)11-7-22)29(36)20-35(25-12-8-23(31)9-13-25)41(38,39)27-16-14-26(40-4)15-17-27/h6-17,21,28H,5,18-20H2,1-4H3,(H,33,37). The van der Waals surface area contributed by atoms with E-state index < -0.39 is 34.3 Å². The van der Waals surface area contributed by atoms with E-state index in [0.29, 0.717) is 22.9 Å². The first-order valence-corrected chi connectivity index (χ1v) is 15.0. The third-order valence-electron chi connectivity index (χ3n) is 6.38. The van der Waals surface area contributed by atoms with E-state index in [2.05, 4.69) is 5.32 Å². The second-order valence-corrected chi connectivity index (χ2v) is 12.2. The van der Waals surface area contributed by atoms with Crippen molar-refractivity contribution in [3.63, 3.8) is 0 Å². The number of methoxy groups -OCH3 is 1. The molecule has 0 fully saturated rings. The van der Waals surface area contributed by atoms with Crippen molar-refractivity contribution >= 4 is 39.1 Å². The molecule has 0 aliphatic heterocycles. The summed E-state index contributed by atoms with van der Waals surface area (Å²) in [5, 5.41) is 3.27. The lowest BCUT2D eigenvalue weighted by molar-refractivity contribution is -0.140. The van der Waals surface area contributed by atoms with Crippen LogP contribution in [0.5, 0.6) is 5.75 Å². The third kappa shape index (κ3) is 8.43. The molecule has 8 nitrogen and oxygen atoms in total. The molecule has 220 valence electrons.